The minimum atomic E-state index is -0.157. The monoisotopic (exact) mass is 386 g/mol. The van der Waals surface area contributed by atoms with Crippen molar-refractivity contribution in [1.82, 2.24) is 14.9 Å². The van der Waals surface area contributed by atoms with Gasteiger partial charge in [0.2, 0.25) is 0 Å². The maximum Gasteiger partial charge on any atom is 0.270 e. The highest BCUT2D eigenvalue weighted by molar-refractivity contribution is 7.15. The molecule has 0 bridgehead atoms. The maximum absolute atomic E-state index is 12.7. The van der Waals surface area contributed by atoms with E-state index in [0.29, 0.717) is 15.7 Å². The largest absolute Gasteiger partial charge is 0.357 e. The Bertz CT molecular complexity index is 929. The molecule has 1 saturated heterocycles. The lowest BCUT2D eigenvalue weighted by molar-refractivity contribution is 0.0732. The molecule has 8 heteroatoms. The van der Waals surface area contributed by atoms with Gasteiger partial charge in [-0.2, -0.15) is 0 Å². The van der Waals surface area contributed by atoms with Crippen LogP contribution in [0.25, 0.3) is 0 Å². The summed E-state index contributed by atoms with van der Waals surface area (Å²) < 4.78 is 0. The Labute approximate surface area is 158 Å². The van der Waals surface area contributed by atoms with E-state index in [1.165, 1.54) is 22.7 Å². The van der Waals surface area contributed by atoms with Crippen molar-refractivity contribution in [1.29, 1.82) is 0 Å². The standard InChI is InChI=1S/C18H18N4O2S2/c1-11-10-25-18(20-11)21-16(23)15-7-6-14(26-15)13-5-3-9-22(13)17(24)12-4-2-8-19-12/h2,4,6-8,10,13,19H,3,5,9H2,1H3,(H,20,21,23)/t13-/m1/s1. The van der Waals surface area contributed by atoms with Crippen LogP contribution in [-0.2, 0) is 0 Å². The first kappa shape index (κ1) is 17.0. The molecule has 1 aliphatic rings. The first-order valence-electron chi connectivity index (χ1n) is 8.39. The van der Waals surface area contributed by atoms with Gasteiger partial charge in [-0.15, -0.1) is 22.7 Å². The predicted octanol–water partition coefficient (Wildman–Crippen LogP) is 4.07. The van der Waals surface area contributed by atoms with Crippen LogP contribution in [0.15, 0.2) is 35.8 Å². The van der Waals surface area contributed by atoms with E-state index in [1.54, 1.807) is 12.3 Å². The van der Waals surface area contributed by atoms with Gasteiger partial charge in [-0.3, -0.25) is 14.9 Å². The number of anilines is 1. The summed E-state index contributed by atoms with van der Waals surface area (Å²) in [6, 6.07) is 7.43. The highest BCUT2D eigenvalue weighted by Gasteiger charge is 2.32. The summed E-state index contributed by atoms with van der Waals surface area (Å²) in [6.45, 7) is 2.63. The Morgan fingerprint density at radius 3 is 2.96 bits per heavy atom. The topological polar surface area (TPSA) is 78.1 Å². The van der Waals surface area contributed by atoms with E-state index >= 15 is 0 Å². The second-order valence-electron chi connectivity index (χ2n) is 6.19. The Kier molecular flexibility index (Phi) is 4.60. The number of hydrogen-bond acceptors (Lipinski definition) is 5. The minimum absolute atomic E-state index is 0.00941. The molecule has 3 aromatic rings. The molecule has 0 aliphatic carbocycles. The number of rotatable bonds is 4. The van der Waals surface area contributed by atoms with Crippen molar-refractivity contribution in [2.24, 2.45) is 0 Å². The first-order chi connectivity index (χ1) is 12.6. The summed E-state index contributed by atoms with van der Waals surface area (Å²) in [4.78, 5) is 35.9. The number of thiophene rings is 1. The number of aryl methyl sites for hydroxylation is 1. The van der Waals surface area contributed by atoms with E-state index in [2.05, 4.69) is 15.3 Å². The molecule has 0 unspecified atom stereocenters. The molecule has 2 N–H and O–H groups in total. The summed E-state index contributed by atoms with van der Waals surface area (Å²) >= 11 is 2.86. The molecular weight excluding hydrogens is 368 g/mol. The number of thiazole rings is 1. The second-order valence-corrected chi connectivity index (χ2v) is 8.16. The predicted molar refractivity (Wildman–Crippen MR) is 103 cm³/mol. The van der Waals surface area contributed by atoms with Crippen molar-refractivity contribution in [2.75, 3.05) is 11.9 Å². The van der Waals surface area contributed by atoms with Gasteiger partial charge in [0, 0.05) is 23.0 Å². The second kappa shape index (κ2) is 7.05. The Morgan fingerprint density at radius 2 is 2.23 bits per heavy atom. The van der Waals surface area contributed by atoms with Gasteiger partial charge in [0.25, 0.3) is 11.8 Å². The van der Waals surface area contributed by atoms with Gasteiger partial charge in [-0.1, -0.05) is 0 Å². The summed E-state index contributed by atoms with van der Waals surface area (Å²) in [5, 5.41) is 5.34. The fourth-order valence-electron chi connectivity index (χ4n) is 3.15. The van der Waals surface area contributed by atoms with Crippen LogP contribution in [0.5, 0.6) is 0 Å². The van der Waals surface area contributed by atoms with Crippen molar-refractivity contribution in [3.05, 3.63) is 57.0 Å². The van der Waals surface area contributed by atoms with Crippen LogP contribution < -0.4 is 5.32 Å². The molecule has 4 heterocycles. The van der Waals surface area contributed by atoms with Crippen LogP contribution in [0.4, 0.5) is 5.13 Å². The van der Waals surface area contributed by atoms with E-state index in [9.17, 15) is 9.59 Å². The number of aromatic nitrogens is 2. The highest BCUT2D eigenvalue weighted by Crippen LogP contribution is 2.37. The number of nitrogens with one attached hydrogen (secondary N) is 2. The lowest BCUT2D eigenvalue weighted by Gasteiger charge is -2.23. The van der Waals surface area contributed by atoms with Gasteiger partial charge < -0.3 is 9.88 Å². The minimum Gasteiger partial charge on any atom is -0.357 e. The first-order valence-corrected chi connectivity index (χ1v) is 10.1. The van der Waals surface area contributed by atoms with Crippen LogP contribution >= 0.6 is 22.7 Å². The summed E-state index contributed by atoms with van der Waals surface area (Å²) in [5.41, 5.74) is 1.49. The van der Waals surface area contributed by atoms with Crippen LogP contribution in [-0.4, -0.2) is 33.2 Å². The zero-order valence-corrected chi connectivity index (χ0v) is 15.8. The van der Waals surface area contributed by atoms with Gasteiger partial charge in [0.15, 0.2) is 5.13 Å². The van der Waals surface area contributed by atoms with E-state index < -0.39 is 0 Å². The van der Waals surface area contributed by atoms with Crippen molar-refractivity contribution < 1.29 is 9.59 Å². The van der Waals surface area contributed by atoms with Crippen molar-refractivity contribution in [3.63, 3.8) is 0 Å². The van der Waals surface area contributed by atoms with Crippen LogP contribution in [0.2, 0.25) is 0 Å². The Morgan fingerprint density at radius 1 is 1.35 bits per heavy atom. The Balaban J connectivity index is 1.49. The average molecular weight is 387 g/mol. The molecule has 4 rings (SSSR count). The van der Waals surface area contributed by atoms with E-state index in [-0.39, 0.29) is 17.9 Å². The molecule has 1 fully saturated rings. The average Bonchev–Trinajstić information content (AvgIpc) is 3.40. The maximum atomic E-state index is 12.7. The number of likely N-dealkylation sites (tertiary alicyclic amines) is 1. The molecule has 0 spiro atoms. The molecule has 134 valence electrons. The van der Waals surface area contributed by atoms with Crippen LogP contribution in [0.1, 0.15) is 49.6 Å². The Hall–Kier alpha value is -2.45. The number of carbonyl (C=O) groups excluding carboxylic acids is 2. The normalized spacial score (nSPS) is 16.8. The third-order valence-electron chi connectivity index (χ3n) is 4.36. The molecule has 2 amide bonds. The van der Waals surface area contributed by atoms with Gasteiger partial charge in [0.05, 0.1) is 16.6 Å². The van der Waals surface area contributed by atoms with Crippen LogP contribution in [0, 0.1) is 6.92 Å². The van der Waals surface area contributed by atoms with Crippen molar-refractivity contribution in [2.45, 2.75) is 25.8 Å². The lowest BCUT2D eigenvalue weighted by Crippen LogP contribution is -2.30. The zero-order valence-electron chi connectivity index (χ0n) is 14.2. The van der Waals surface area contributed by atoms with Gasteiger partial charge in [0.1, 0.15) is 5.69 Å². The fraction of sp³-hybridized carbons (Fsp3) is 0.278. The van der Waals surface area contributed by atoms with E-state index in [0.717, 1.165) is 30.0 Å². The molecule has 1 atom stereocenters. The van der Waals surface area contributed by atoms with E-state index in [4.69, 9.17) is 0 Å². The smallest absolute Gasteiger partial charge is 0.270 e. The molecular formula is C18H18N4O2S2. The van der Waals surface area contributed by atoms with E-state index in [1.807, 2.05) is 35.4 Å². The third kappa shape index (κ3) is 3.30. The number of aromatic amines is 1. The lowest BCUT2D eigenvalue weighted by atomic mass is 10.2. The number of hydrogen-bond donors (Lipinski definition) is 2. The third-order valence-corrected chi connectivity index (χ3v) is 6.42. The van der Waals surface area contributed by atoms with Crippen LogP contribution in [0.3, 0.4) is 0 Å². The molecule has 0 aromatic carbocycles. The fourth-order valence-corrected chi connectivity index (χ4v) is 4.88. The summed E-state index contributed by atoms with van der Waals surface area (Å²) in [7, 11) is 0. The number of amides is 2. The number of carbonyl (C=O) groups is 2. The molecule has 3 aromatic heterocycles. The molecule has 0 radical (unpaired) electrons. The number of nitrogens with zero attached hydrogens (tertiary/aromatic N) is 2. The van der Waals surface area contributed by atoms with Gasteiger partial charge >= 0.3 is 0 Å². The quantitative estimate of drug-likeness (QED) is 0.709. The van der Waals surface area contributed by atoms with Crippen molar-refractivity contribution in [3.8, 4) is 0 Å². The summed E-state index contributed by atoms with van der Waals surface area (Å²) in [5.74, 6) is -0.147. The summed E-state index contributed by atoms with van der Waals surface area (Å²) in [6.07, 6.45) is 3.64. The number of H-pyrrole nitrogens is 1. The highest BCUT2D eigenvalue weighted by atomic mass is 32.1. The molecule has 0 saturated carbocycles. The molecule has 6 nitrogen and oxygen atoms in total. The molecule has 1 aliphatic heterocycles. The van der Waals surface area contributed by atoms with Gasteiger partial charge in [-0.05, 0) is 44.0 Å². The molecule has 26 heavy (non-hydrogen) atoms. The van der Waals surface area contributed by atoms with Gasteiger partial charge in [-0.25, -0.2) is 4.98 Å². The van der Waals surface area contributed by atoms with Crippen molar-refractivity contribution >= 4 is 39.6 Å². The SMILES string of the molecule is Cc1csc(NC(=O)c2ccc([C@H]3CCCN3C(=O)c3ccc[nH]3)s2)n1. The zero-order chi connectivity index (χ0) is 18.1.